The molecule has 19 heavy (non-hydrogen) atoms. The van der Waals surface area contributed by atoms with Gasteiger partial charge in [0.1, 0.15) is 11.8 Å². The van der Waals surface area contributed by atoms with Gasteiger partial charge in [0.05, 0.1) is 12.0 Å². The van der Waals surface area contributed by atoms with Crippen molar-refractivity contribution < 1.29 is 24.6 Å². The molecule has 5 N–H and O–H groups in total. The normalized spacial score (nSPS) is 11.6. The van der Waals surface area contributed by atoms with E-state index in [2.05, 4.69) is 5.32 Å². The molecule has 0 spiro atoms. The van der Waals surface area contributed by atoms with Crippen LogP contribution in [0.25, 0.3) is 0 Å². The lowest BCUT2D eigenvalue weighted by atomic mass is 10.1. The second-order valence-corrected chi connectivity index (χ2v) is 4.06. The van der Waals surface area contributed by atoms with Crippen LogP contribution in [0.15, 0.2) is 18.2 Å². The highest BCUT2D eigenvalue weighted by molar-refractivity contribution is 5.99. The molecule has 0 aliphatic carbocycles. The standard InChI is InChI=1S/C12H14N2O5/c1-6-2-3-7(9(15)4-6)11(17)14-8(12(18)19)5-10(13)16/h2-4,8,15H,5H2,1H3,(H2,13,16)(H,14,17)(H,18,19). The molecule has 0 radical (unpaired) electrons. The van der Waals surface area contributed by atoms with E-state index in [0.717, 1.165) is 5.56 Å². The van der Waals surface area contributed by atoms with E-state index < -0.39 is 30.2 Å². The fourth-order valence-electron chi connectivity index (χ4n) is 1.47. The zero-order valence-electron chi connectivity index (χ0n) is 10.2. The third kappa shape index (κ3) is 3.98. The fourth-order valence-corrected chi connectivity index (χ4v) is 1.47. The number of amides is 2. The van der Waals surface area contributed by atoms with Crippen molar-refractivity contribution in [3.63, 3.8) is 0 Å². The van der Waals surface area contributed by atoms with Gasteiger partial charge in [-0.05, 0) is 24.6 Å². The average molecular weight is 266 g/mol. The molecule has 1 rings (SSSR count). The highest BCUT2D eigenvalue weighted by atomic mass is 16.4. The van der Waals surface area contributed by atoms with Crippen LogP contribution < -0.4 is 11.1 Å². The third-order valence-corrected chi connectivity index (χ3v) is 2.41. The number of hydrogen-bond donors (Lipinski definition) is 4. The number of nitrogens with two attached hydrogens (primary N) is 1. The molecule has 0 heterocycles. The molecular weight excluding hydrogens is 252 g/mol. The van der Waals surface area contributed by atoms with Crippen LogP contribution in [0.2, 0.25) is 0 Å². The molecule has 0 fully saturated rings. The molecular formula is C12H14N2O5. The predicted octanol–water partition coefficient (Wildman–Crippen LogP) is -0.241. The second-order valence-electron chi connectivity index (χ2n) is 4.06. The predicted molar refractivity (Wildman–Crippen MR) is 65.5 cm³/mol. The number of benzene rings is 1. The van der Waals surface area contributed by atoms with Gasteiger partial charge in [0.25, 0.3) is 5.91 Å². The monoisotopic (exact) mass is 266 g/mol. The molecule has 0 saturated heterocycles. The van der Waals surface area contributed by atoms with Crippen LogP contribution in [-0.2, 0) is 9.59 Å². The van der Waals surface area contributed by atoms with Crippen molar-refractivity contribution in [1.82, 2.24) is 5.32 Å². The van der Waals surface area contributed by atoms with Crippen LogP contribution >= 0.6 is 0 Å². The van der Waals surface area contributed by atoms with Crippen LogP contribution in [-0.4, -0.2) is 34.0 Å². The zero-order chi connectivity index (χ0) is 14.6. The summed E-state index contributed by atoms with van der Waals surface area (Å²) in [5.74, 6) is -3.27. The Balaban J connectivity index is 2.87. The lowest BCUT2D eigenvalue weighted by molar-refractivity contribution is -0.140. The Morgan fingerprint density at radius 1 is 1.37 bits per heavy atom. The van der Waals surface area contributed by atoms with Gasteiger partial charge in [0.15, 0.2) is 0 Å². The van der Waals surface area contributed by atoms with E-state index in [9.17, 15) is 19.5 Å². The number of carbonyl (C=O) groups is 3. The minimum Gasteiger partial charge on any atom is -0.507 e. The van der Waals surface area contributed by atoms with Gasteiger partial charge in [-0.1, -0.05) is 6.07 Å². The van der Waals surface area contributed by atoms with Crippen molar-refractivity contribution in [3.05, 3.63) is 29.3 Å². The Kier molecular flexibility index (Phi) is 4.46. The molecule has 7 heteroatoms. The Morgan fingerprint density at radius 2 is 2.00 bits per heavy atom. The number of aryl methyl sites for hydroxylation is 1. The van der Waals surface area contributed by atoms with Gasteiger partial charge >= 0.3 is 5.97 Å². The molecule has 0 saturated carbocycles. The van der Waals surface area contributed by atoms with E-state index in [-0.39, 0.29) is 11.3 Å². The minimum atomic E-state index is -1.43. The van der Waals surface area contributed by atoms with E-state index in [4.69, 9.17) is 10.8 Å². The number of carboxylic acid groups (broad SMARTS) is 1. The number of carboxylic acids is 1. The molecule has 1 atom stereocenters. The van der Waals surface area contributed by atoms with Gasteiger partial charge in [-0.15, -0.1) is 0 Å². The number of phenols is 1. The molecule has 7 nitrogen and oxygen atoms in total. The summed E-state index contributed by atoms with van der Waals surface area (Å²) in [6, 6.07) is 2.91. The topological polar surface area (TPSA) is 130 Å². The van der Waals surface area contributed by atoms with Gasteiger partial charge in [0.2, 0.25) is 5.91 Å². The summed E-state index contributed by atoms with van der Waals surface area (Å²) < 4.78 is 0. The number of phenolic OH excluding ortho intramolecular Hbond substituents is 1. The van der Waals surface area contributed by atoms with Crippen molar-refractivity contribution in [2.75, 3.05) is 0 Å². The van der Waals surface area contributed by atoms with Crippen LogP contribution in [0.3, 0.4) is 0 Å². The first-order valence-corrected chi connectivity index (χ1v) is 5.43. The number of aromatic hydroxyl groups is 1. The molecule has 0 bridgehead atoms. The van der Waals surface area contributed by atoms with Gasteiger partial charge < -0.3 is 21.3 Å². The summed E-state index contributed by atoms with van der Waals surface area (Å²) in [5, 5.41) is 20.6. The first kappa shape index (κ1) is 14.5. The van der Waals surface area contributed by atoms with Gasteiger partial charge in [-0.2, -0.15) is 0 Å². The number of hydrogen-bond acceptors (Lipinski definition) is 4. The summed E-state index contributed by atoms with van der Waals surface area (Å²) in [6.45, 7) is 1.73. The zero-order valence-corrected chi connectivity index (χ0v) is 10.2. The van der Waals surface area contributed by atoms with E-state index in [1.165, 1.54) is 12.1 Å². The molecule has 0 aliphatic heterocycles. The van der Waals surface area contributed by atoms with Crippen LogP contribution in [0, 0.1) is 6.92 Å². The van der Waals surface area contributed by atoms with E-state index >= 15 is 0 Å². The third-order valence-electron chi connectivity index (χ3n) is 2.41. The number of carbonyl (C=O) groups excluding carboxylic acids is 2. The van der Waals surface area contributed by atoms with Crippen molar-refractivity contribution >= 4 is 17.8 Å². The van der Waals surface area contributed by atoms with Gasteiger partial charge in [0, 0.05) is 0 Å². The first-order valence-electron chi connectivity index (χ1n) is 5.43. The maximum absolute atomic E-state index is 11.8. The number of nitrogens with one attached hydrogen (secondary N) is 1. The van der Waals surface area contributed by atoms with Crippen LogP contribution in [0.5, 0.6) is 5.75 Å². The average Bonchev–Trinajstić information content (AvgIpc) is 2.26. The lowest BCUT2D eigenvalue weighted by Crippen LogP contribution is -2.43. The molecule has 1 unspecified atom stereocenters. The molecule has 102 valence electrons. The largest absolute Gasteiger partial charge is 0.507 e. The van der Waals surface area contributed by atoms with Crippen LogP contribution in [0.1, 0.15) is 22.3 Å². The number of rotatable bonds is 5. The van der Waals surface area contributed by atoms with E-state index in [0.29, 0.717) is 0 Å². The van der Waals surface area contributed by atoms with Gasteiger partial charge in [-0.3, -0.25) is 9.59 Å². The highest BCUT2D eigenvalue weighted by Crippen LogP contribution is 2.18. The summed E-state index contributed by atoms with van der Waals surface area (Å²) in [6.07, 6.45) is -0.520. The Labute approximate surface area is 109 Å². The molecule has 2 amide bonds. The van der Waals surface area contributed by atoms with Crippen molar-refractivity contribution in [1.29, 1.82) is 0 Å². The van der Waals surface area contributed by atoms with Crippen molar-refractivity contribution in [3.8, 4) is 5.75 Å². The number of aliphatic carboxylic acids is 1. The maximum atomic E-state index is 11.8. The Hall–Kier alpha value is -2.57. The van der Waals surface area contributed by atoms with Crippen molar-refractivity contribution in [2.45, 2.75) is 19.4 Å². The second kappa shape index (κ2) is 5.85. The molecule has 1 aromatic rings. The lowest BCUT2D eigenvalue weighted by Gasteiger charge is -2.13. The SMILES string of the molecule is Cc1ccc(C(=O)NC(CC(N)=O)C(=O)O)c(O)c1. The summed E-state index contributed by atoms with van der Waals surface area (Å²) >= 11 is 0. The minimum absolute atomic E-state index is 0.0682. The quantitative estimate of drug-likeness (QED) is 0.584. The summed E-state index contributed by atoms with van der Waals surface area (Å²) in [4.78, 5) is 33.3. The smallest absolute Gasteiger partial charge is 0.326 e. The molecule has 1 aromatic carbocycles. The summed E-state index contributed by atoms with van der Waals surface area (Å²) in [7, 11) is 0. The summed E-state index contributed by atoms with van der Waals surface area (Å²) in [5.41, 5.74) is 5.58. The van der Waals surface area contributed by atoms with E-state index in [1.54, 1.807) is 13.0 Å². The molecule has 0 aliphatic rings. The van der Waals surface area contributed by atoms with Crippen molar-refractivity contribution in [2.24, 2.45) is 5.73 Å². The highest BCUT2D eigenvalue weighted by Gasteiger charge is 2.23. The maximum Gasteiger partial charge on any atom is 0.326 e. The Bertz CT molecular complexity index is 527. The first-order chi connectivity index (χ1) is 8.81. The van der Waals surface area contributed by atoms with E-state index in [1.807, 2.05) is 0 Å². The van der Waals surface area contributed by atoms with Gasteiger partial charge in [-0.25, -0.2) is 4.79 Å². The fraction of sp³-hybridized carbons (Fsp3) is 0.250. The number of primary amides is 1. The molecule has 0 aromatic heterocycles. The van der Waals surface area contributed by atoms with Crippen LogP contribution in [0.4, 0.5) is 0 Å². The Morgan fingerprint density at radius 3 is 2.47 bits per heavy atom.